The maximum atomic E-state index is 11.6. The molecule has 0 aliphatic rings. The first-order valence-corrected chi connectivity index (χ1v) is 4.85. The van der Waals surface area contributed by atoms with Crippen molar-refractivity contribution >= 4 is 17.3 Å². The lowest BCUT2D eigenvalue weighted by Gasteiger charge is -2.05. The van der Waals surface area contributed by atoms with Crippen molar-refractivity contribution in [3.8, 4) is 0 Å². The Hall–Kier alpha value is -2.30. The summed E-state index contributed by atoms with van der Waals surface area (Å²) in [5, 5.41) is 2.76. The molecular formula is C11H12N4O. The summed E-state index contributed by atoms with van der Waals surface area (Å²) in [5.74, 6) is -0.0947. The molecule has 1 aromatic carbocycles. The van der Waals surface area contributed by atoms with Crippen molar-refractivity contribution < 1.29 is 4.79 Å². The summed E-state index contributed by atoms with van der Waals surface area (Å²) in [5.41, 5.74) is 6.95. The van der Waals surface area contributed by atoms with Gasteiger partial charge in [0.25, 0.3) is 0 Å². The fourth-order valence-electron chi connectivity index (χ4n) is 1.31. The number of anilines is 2. The molecule has 0 fully saturated rings. The molecule has 0 radical (unpaired) electrons. The molecule has 0 saturated carbocycles. The molecule has 5 nitrogen and oxygen atoms in total. The van der Waals surface area contributed by atoms with Crippen molar-refractivity contribution in [2.75, 3.05) is 11.1 Å². The predicted molar refractivity (Wildman–Crippen MR) is 61.7 cm³/mol. The van der Waals surface area contributed by atoms with E-state index in [1.54, 1.807) is 47.6 Å². The Kier molecular flexibility index (Phi) is 2.86. The molecule has 82 valence electrons. The molecule has 0 atom stereocenters. The van der Waals surface area contributed by atoms with Crippen LogP contribution in [0, 0.1) is 0 Å². The maximum Gasteiger partial charge on any atom is 0.244 e. The number of carbonyl (C=O) groups is 1. The lowest BCUT2D eigenvalue weighted by Crippen LogP contribution is -2.17. The highest BCUT2D eigenvalue weighted by Crippen LogP contribution is 2.10. The van der Waals surface area contributed by atoms with E-state index >= 15 is 0 Å². The minimum Gasteiger partial charge on any atom is -0.399 e. The second kappa shape index (κ2) is 4.48. The van der Waals surface area contributed by atoms with Gasteiger partial charge in [-0.2, -0.15) is 0 Å². The van der Waals surface area contributed by atoms with Gasteiger partial charge in [-0.05, 0) is 24.3 Å². The van der Waals surface area contributed by atoms with Gasteiger partial charge < -0.3 is 15.6 Å². The van der Waals surface area contributed by atoms with Crippen LogP contribution in [-0.2, 0) is 11.3 Å². The summed E-state index contributed by atoms with van der Waals surface area (Å²) >= 11 is 0. The van der Waals surface area contributed by atoms with Crippen LogP contribution in [0.5, 0.6) is 0 Å². The Morgan fingerprint density at radius 1 is 1.38 bits per heavy atom. The second-order valence-electron chi connectivity index (χ2n) is 3.41. The molecule has 0 aliphatic heterocycles. The molecule has 0 saturated heterocycles. The Labute approximate surface area is 92.9 Å². The molecule has 5 heteroatoms. The van der Waals surface area contributed by atoms with Gasteiger partial charge in [0.2, 0.25) is 5.91 Å². The first kappa shape index (κ1) is 10.2. The van der Waals surface area contributed by atoms with Gasteiger partial charge in [-0.3, -0.25) is 4.79 Å². The number of nitrogens with one attached hydrogen (secondary N) is 1. The number of hydrogen-bond donors (Lipinski definition) is 2. The minimum absolute atomic E-state index is 0.0947. The Bertz CT molecular complexity index is 461. The molecule has 0 aliphatic carbocycles. The van der Waals surface area contributed by atoms with E-state index in [-0.39, 0.29) is 12.5 Å². The molecule has 2 aromatic rings. The van der Waals surface area contributed by atoms with E-state index in [9.17, 15) is 4.79 Å². The van der Waals surface area contributed by atoms with Gasteiger partial charge in [-0.15, -0.1) is 0 Å². The van der Waals surface area contributed by atoms with Gasteiger partial charge >= 0.3 is 0 Å². The standard InChI is InChI=1S/C11H12N4O/c12-9-1-3-10(4-2-9)14-11(16)7-15-6-5-13-8-15/h1-6,8H,7,12H2,(H,14,16). The third-order valence-electron chi connectivity index (χ3n) is 2.08. The fraction of sp³-hybridized carbons (Fsp3) is 0.0909. The van der Waals surface area contributed by atoms with Crippen LogP contribution in [0.1, 0.15) is 0 Å². The van der Waals surface area contributed by atoms with Crippen molar-refractivity contribution in [3.63, 3.8) is 0 Å². The first-order chi connectivity index (χ1) is 7.74. The summed E-state index contributed by atoms with van der Waals surface area (Å²) in [6, 6.07) is 7.02. The van der Waals surface area contributed by atoms with E-state index in [0.29, 0.717) is 5.69 Å². The van der Waals surface area contributed by atoms with Gasteiger partial charge in [0, 0.05) is 23.8 Å². The molecule has 1 heterocycles. The van der Waals surface area contributed by atoms with Gasteiger partial charge in [-0.25, -0.2) is 4.98 Å². The van der Waals surface area contributed by atoms with Gasteiger partial charge in [-0.1, -0.05) is 0 Å². The number of carbonyl (C=O) groups excluding carboxylic acids is 1. The third-order valence-corrected chi connectivity index (χ3v) is 2.08. The Morgan fingerprint density at radius 3 is 2.75 bits per heavy atom. The lowest BCUT2D eigenvalue weighted by molar-refractivity contribution is -0.116. The van der Waals surface area contributed by atoms with E-state index in [1.165, 1.54) is 0 Å². The highest BCUT2D eigenvalue weighted by molar-refractivity contribution is 5.90. The van der Waals surface area contributed by atoms with Crippen molar-refractivity contribution in [1.29, 1.82) is 0 Å². The third kappa shape index (κ3) is 2.60. The van der Waals surface area contributed by atoms with Crippen LogP contribution in [-0.4, -0.2) is 15.5 Å². The summed E-state index contributed by atoms with van der Waals surface area (Å²) in [4.78, 5) is 15.4. The number of nitrogen functional groups attached to an aromatic ring is 1. The van der Waals surface area contributed by atoms with Crippen LogP contribution in [0.15, 0.2) is 43.0 Å². The molecule has 0 spiro atoms. The molecule has 2 rings (SSSR count). The molecule has 16 heavy (non-hydrogen) atoms. The van der Waals surface area contributed by atoms with Crippen LogP contribution in [0.3, 0.4) is 0 Å². The highest BCUT2D eigenvalue weighted by atomic mass is 16.1. The summed E-state index contributed by atoms with van der Waals surface area (Å²) < 4.78 is 1.70. The number of rotatable bonds is 3. The van der Waals surface area contributed by atoms with E-state index in [4.69, 9.17) is 5.73 Å². The smallest absolute Gasteiger partial charge is 0.244 e. The van der Waals surface area contributed by atoms with E-state index in [0.717, 1.165) is 5.69 Å². The van der Waals surface area contributed by atoms with E-state index in [1.807, 2.05) is 0 Å². The highest BCUT2D eigenvalue weighted by Gasteiger charge is 2.02. The number of amides is 1. The quantitative estimate of drug-likeness (QED) is 0.755. The van der Waals surface area contributed by atoms with Crippen LogP contribution in [0.2, 0.25) is 0 Å². The van der Waals surface area contributed by atoms with Gasteiger partial charge in [0.05, 0.1) is 6.33 Å². The van der Waals surface area contributed by atoms with Crippen LogP contribution in [0.4, 0.5) is 11.4 Å². The fourth-order valence-corrected chi connectivity index (χ4v) is 1.31. The topological polar surface area (TPSA) is 72.9 Å². The Balaban J connectivity index is 1.95. The molecule has 0 bridgehead atoms. The summed E-state index contributed by atoms with van der Waals surface area (Å²) in [7, 11) is 0. The van der Waals surface area contributed by atoms with Crippen LogP contribution >= 0.6 is 0 Å². The van der Waals surface area contributed by atoms with Crippen molar-refractivity contribution in [3.05, 3.63) is 43.0 Å². The number of aromatic nitrogens is 2. The van der Waals surface area contributed by atoms with Crippen molar-refractivity contribution in [2.45, 2.75) is 6.54 Å². The minimum atomic E-state index is -0.0947. The average molecular weight is 216 g/mol. The van der Waals surface area contributed by atoms with Crippen molar-refractivity contribution in [1.82, 2.24) is 9.55 Å². The van der Waals surface area contributed by atoms with Gasteiger partial charge in [0.15, 0.2) is 0 Å². The largest absolute Gasteiger partial charge is 0.399 e. The number of nitrogens with two attached hydrogens (primary N) is 1. The molecule has 1 amide bonds. The molecule has 1 aromatic heterocycles. The molecule has 3 N–H and O–H groups in total. The van der Waals surface area contributed by atoms with Crippen LogP contribution in [0.25, 0.3) is 0 Å². The summed E-state index contributed by atoms with van der Waals surface area (Å²) in [6.45, 7) is 0.254. The number of imidazole rings is 1. The zero-order chi connectivity index (χ0) is 11.4. The predicted octanol–water partition coefficient (Wildman–Crippen LogP) is 1.10. The monoisotopic (exact) mass is 216 g/mol. The number of benzene rings is 1. The Morgan fingerprint density at radius 2 is 2.12 bits per heavy atom. The SMILES string of the molecule is Nc1ccc(NC(=O)Cn2ccnc2)cc1. The normalized spacial score (nSPS) is 10.0. The second-order valence-corrected chi connectivity index (χ2v) is 3.41. The zero-order valence-electron chi connectivity index (χ0n) is 8.63. The first-order valence-electron chi connectivity index (χ1n) is 4.85. The maximum absolute atomic E-state index is 11.6. The summed E-state index contributed by atoms with van der Waals surface area (Å²) in [6.07, 6.45) is 4.97. The number of hydrogen-bond acceptors (Lipinski definition) is 3. The molecule has 0 unspecified atom stereocenters. The van der Waals surface area contributed by atoms with E-state index < -0.39 is 0 Å². The average Bonchev–Trinajstić information content (AvgIpc) is 2.74. The molecular weight excluding hydrogens is 204 g/mol. The van der Waals surface area contributed by atoms with Crippen molar-refractivity contribution in [2.24, 2.45) is 0 Å². The van der Waals surface area contributed by atoms with Gasteiger partial charge in [0.1, 0.15) is 6.54 Å². The lowest BCUT2D eigenvalue weighted by atomic mass is 10.3. The van der Waals surface area contributed by atoms with E-state index in [2.05, 4.69) is 10.3 Å². The zero-order valence-corrected chi connectivity index (χ0v) is 8.63. The van der Waals surface area contributed by atoms with Crippen LogP contribution < -0.4 is 11.1 Å². The number of nitrogens with zero attached hydrogens (tertiary/aromatic N) is 2.